The number of benzene rings is 2. The Labute approximate surface area is 148 Å². The van der Waals surface area contributed by atoms with E-state index >= 15 is 0 Å². The Kier molecular flexibility index (Phi) is 4.30. The van der Waals surface area contributed by atoms with Gasteiger partial charge in [0.1, 0.15) is 0 Å². The molecular weight excluding hydrogens is 338 g/mol. The predicted molar refractivity (Wildman–Crippen MR) is 98.6 cm³/mol. The summed E-state index contributed by atoms with van der Waals surface area (Å²) in [7, 11) is 0.370. The van der Waals surface area contributed by atoms with Crippen LogP contribution >= 0.6 is 0 Å². The molecule has 132 valence electrons. The molecule has 0 spiro atoms. The van der Waals surface area contributed by atoms with Crippen LogP contribution in [0.25, 0.3) is 11.1 Å². The number of amides is 1. The first-order valence-corrected chi connectivity index (χ1v) is 9.76. The zero-order valence-corrected chi connectivity index (χ0v) is 15.5. The monoisotopic (exact) mass is 359 g/mol. The fourth-order valence-corrected chi connectivity index (χ4v) is 3.67. The van der Waals surface area contributed by atoms with Crippen molar-refractivity contribution < 1.29 is 13.2 Å². The molecule has 0 radical (unpaired) electrons. The maximum Gasteiger partial charge on any atom is 0.269 e. The summed E-state index contributed by atoms with van der Waals surface area (Å²) in [6, 6.07) is 11.2. The number of anilines is 1. The van der Waals surface area contributed by atoms with E-state index in [-0.39, 0.29) is 5.91 Å². The zero-order chi connectivity index (χ0) is 18.4. The maximum atomic E-state index is 12.5. The Balaban J connectivity index is 2.02. The number of sulfonamides is 1. The van der Waals surface area contributed by atoms with Crippen LogP contribution < -0.4 is 4.72 Å². The Morgan fingerprint density at radius 1 is 1.12 bits per heavy atom. The normalized spacial score (nSPS) is 14.1. The van der Waals surface area contributed by atoms with Crippen LogP contribution in [-0.4, -0.2) is 44.7 Å². The van der Waals surface area contributed by atoms with Crippen LogP contribution in [0.3, 0.4) is 0 Å². The Morgan fingerprint density at radius 2 is 1.84 bits per heavy atom. The van der Waals surface area contributed by atoms with Gasteiger partial charge in [0.15, 0.2) is 0 Å². The molecule has 0 fully saturated rings. The second-order valence-electron chi connectivity index (χ2n) is 6.49. The number of hydrazine groups is 1. The van der Waals surface area contributed by atoms with E-state index in [0.717, 1.165) is 34.1 Å². The lowest BCUT2D eigenvalue weighted by molar-refractivity contribution is 0.0223. The second kappa shape index (κ2) is 6.16. The van der Waals surface area contributed by atoms with Gasteiger partial charge in [-0.1, -0.05) is 18.2 Å². The van der Waals surface area contributed by atoms with Gasteiger partial charge in [0.05, 0.1) is 12.8 Å². The van der Waals surface area contributed by atoms with Crippen LogP contribution in [0.15, 0.2) is 36.4 Å². The molecule has 0 atom stereocenters. The number of aryl methyl sites for hydroxylation is 1. The molecule has 0 unspecified atom stereocenters. The van der Waals surface area contributed by atoms with Gasteiger partial charge < -0.3 is 0 Å². The number of nitrogens with one attached hydrogen (secondary N) is 1. The Morgan fingerprint density at radius 3 is 2.48 bits per heavy atom. The zero-order valence-electron chi connectivity index (χ0n) is 14.7. The molecule has 0 bridgehead atoms. The highest BCUT2D eigenvalue weighted by Crippen LogP contribution is 2.32. The van der Waals surface area contributed by atoms with Gasteiger partial charge in [-0.05, 0) is 47.4 Å². The van der Waals surface area contributed by atoms with E-state index in [1.165, 1.54) is 0 Å². The molecule has 1 amide bonds. The minimum atomic E-state index is -3.32. The summed E-state index contributed by atoms with van der Waals surface area (Å²) in [4.78, 5) is 12.5. The lowest BCUT2D eigenvalue weighted by Gasteiger charge is -2.23. The molecule has 7 heteroatoms. The number of fused-ring (bicyclic) bond motifs is 1. The summed E-state index contributed by atoms with van der Waals surface area (Å²) in [5.41, 5.74) is 5.03. The third-order valence-electron chi connectivity index (χ3n) is 4.17. The van der Waals surface area contributed by atoms with Crippen LogP contribution in [-0.2, 0) is 16.6 Å². The number of hydrogen-bond acceptors (Lipinski definition) is 4. The molecule has 1 aliphatic rings. The highest BCUT2D eigenvalue weighted by Gasteiger charge is 2.30. The van der Waals surface area contributed by atoms with E-state index in [0.29, 0.717) is 12.2 Å². The van der Waals surface area contributed by atoms with Crippen molar-refractivity contribution in [2.45, 2.75) is 13.5 Å². The number of rotatable bonds is 4. The van der Waals surface area contributed by atoms with Crippen LogP contribution in [0, 0.1) is 6.92 Å². The molecular formula is C18H21N3O3S. The van der Waals surface area contributed by atoms with E-state index in [4.69, 9.17) is 0 Å². The molecule has 0 saturated carbocycles. The predicted octanol–water partition coefficient (Wildman–Crippen LogP) is 2.47. The minimum Gasteiger partial charge on any atom is -0.284 e. The molecule has 1 aliphatic heterocycles. The number of carbonyl (C=O) groups is 1. The molecule has 1 heterocycles. The van der Waals surface area contributed by atoms with Gasteiger partial charge in [-0.15, -0.1) is 0 Å². The van der Waals surface area contributed by atoms with Gasteiger partial charge in [0.2, 0.25) is 10.0 Å². The van der Waals surface area contributed by atoms with E-state index in [2.05, 4.69) is 4.72 Å². The lowest BCUT2D eigenvalue weighted by atomic mass is 9.96. The molecule has 3 rings (SSSR count). The quantitative estimate of drug-likeness (QED) is 0.910. The smallest absolute Gasteiger partial charge is 0.269 e. The summed E-state index contributed by atoms with van der Waals surface area (Å²) in [6.45, 7) is 2.47. The SMILES string of the molecule is Cc1cc(-c2cccc(NS(C)(=O)=O)c2)cc2c1C(=O)N(N(C)C)C2. The van der Waals surface area contributed by atoms with Crippen LogP contribution in [0.4, 0.5) is 5.69 Å². The van der Waals surface area contributed by atoms with Crippen molar-refractivity contribution in [3.05, 3.63) is 53.1 Å². The number of hydrogen-bond donors (Lipinski definition) is 1. The van der Waals surface area contributed by atoms with Crippen LogP contribution in [0.1, 0.15) is 21.5 Å². The van der Waals surface area contributed by atoms with Crippen molar-refractivity contribution in [1.29, 1.82) is 0 Å². The molecule has 6 nitrogen and oxygen atoms in total. The van der Waals surface area contributed by atoms with Crippen molar-refractivity contribution in [2.75, 3.05) is 25.1 Å². The topological polar surface area (TPSA) is 69.7 Å². The fraction of sp³-hybridized carbons (Fsp3) is 0.278. The molecule has 1 N–H and O–H groups in total. The molecule has 2 aromatic rings. The Bertz CT molecular complexity index is 952. The summed E-state index contributed by atoms with van der Waals surface area (Å²) in [5, 5.41) is 3.49. The molecule has 0 aliphatic carbocycles. The van der Waals surface area contributed by atoms with Gasteiger partial charge in [-0.3, -0.25) is 14.5 Å². The standard InChI is InChI=1S/C18H21N3O3S/c1-12-8-14(9-15-11-21(20(2)3)18(22)17(12)15)13-6-5-7-16(10-13)19-25(4,23)24/h5-10,19H,11H2,1-4H3. The van der Waals surface area contributed by atoms with Crippen molar-refractivity contribution in [2.24, 2.45) is 0 Å². The summed E-state index contributed by atoms with van der Waals surface area (Å²) < 4.78 is 25.4. The molecule has 0 aromatic heterocycles. The third kappa shape index (κ3) is 3.52. The average molecular weight is 359 g/mol. The summed E-state index contributed by atoms with van der Waals surface area (Å²) in [5.74, 6) is 0.0107. The molecule has 2 aromatic carbocycles. The lowest BCUT2D eigenvalue weighted by Crippen LogP contribution is -2.36. The van der Waals surface area contributed by atoms with Crippen LogP contribution in [0.2, 0.25) is 0 Å². The first-order chi connectivity index (χ1) is 11.7. The van der Waals surface area contributed by atoms with Crippen molar-refractivity contribution in [1.82, 2.24) is 10.0 Å². The van der Waals surface area contributed by atoms with Crippen molar-refractivity contribution in [3.8, 4) is 11.1 Å². The highest BCUT2D eigenvalue weighted by molar-refractivity contribution is 7.92. The third-order valence-corrected chi connectivity index (χ3v) is 4.77. The van der Waals surface area contributed by atoms with E-state index in [1.807, 2.05) is 45.3 Å². The van der Waals surface area contributed by atoms with Gasteiger partial charge in [-0.2, -0.15) is 0 Å². The summed E-state index contributed by atoms with van der Waals surface area (Å²) in [6.07, 6.45) is 1.13. The van der Waals surface area contributed by atoms with E-state index in [9.17, 15) is 13.2 Å². The first-order valence-electron chi connectivity index (χ1n) is 7.86. The van der Waals surface area contributed by atoms with Gasteiger partial charge in [0.25, 0.3) is 5.91 Å². The van der Waals surface area contributed by atoms with E-state index < -0.39 is 10.0 Å². The Hall–Kier alpha value is -2.38. The average Bonchev–Trinajstić information content (AvgIpc) is 2.83. The first kappa shape index (κ1) is 17.4. The summed E-state index contributed by atoms with van der Waals surface area (Å²) >= 11 is 0. The molecule has 0 saturated heterocycles. The van der Waals surface area contributed by atoms with Crippen molar-refractivity contribution in [3.63, 3.8) is 0 Å². The maximum absolute atomic E-state index is 12.5. The van der Waals surface area contributed by atoms with Gasteiger partial charge in [-0.25, -0.2) is 13.4 Å². The number of nitrogens with zero attached hydrogens (tertiary/aromatic N) is 2. The van der Waals surface area contributed by atoms with Gasteiger partial charge in [0, 0.05) is 25.3 Å². The minimum absolute atomic E-state index is 0.0107. The van der Waals surface area contributed by atoms with Crippen molar-refractivity contribution >= 4 is 21.6 Å². The van der Waals surface area contributed by atoms with Gasteiger partial charge >= 0.3 is 0 Å². The fourth-order valence-electron chi connectivity index (χ4n) is 3.12. The van der Waals surface area contributed by atoms with Crippen LogP contribution in [0.5, 0.6) is 0 Å². The largest absolute Gasteiger partial charge is 0.284 e. The highest BCUT2D eigenvalue weighted by atomic mass is 32.2. The molecule has 25 heavy (non-hydrogen) atoms. The number of carbonyl (C=O) groups excluding carboxylic acids is 1. The second-order valence-corrected chi connectivity index (χ2v) is 8.24. The van der Waals surface area contributed by atoms with E-state index in [1.54, 1.807) is 22.2 Å².